The summed E-state index contributed by atoms with van der Waals surface area (Å²) in [5, 5.41) is 8.82. The van der Waals surface area contributed by atoms with Crippen molar-refractivity contribution in [2.75, 3.05) is 13.1 Å². The summed E-state index contributed by atoms with van der Waals surface area (Å²) >= 11 is 1.07. The van der Waals surface area contributed by atoms with E-state index in [0.29, 0.717) is 34.0 Å². The van der Waals surface area contributed by atoms with Gasteiger partial charge in [0.2, 0.25) is 0 Å². The molecule has 4 nitrogen and oxygen atoms in total. The maximum Gasteiger partial charge on any atom is 0.252 e. The summed E-state index contributed by atoms with van der Waals surface area (Å²) < 4.78 is 27.2. The van der Waals surface area contributed by atoms with Crippen LogP contribution in [-0.4, -0.2) is 25.8 Å². The van der Waals surface area contributed by atoms with E-state index >= 15 is 0 Å². The van der Waals surface area contributed by atoms with Crippen molar-refractivity contribution in [3.63, 3.8) is 0 Å². The summed E-state index contributed by atoms with van der Waals surface area (Å²) in [5.41, 5.74) is 0. The molecule has 2 fully saturated rings. The first-order valence-electron chi connectivity index (χ1n) is 6.59. The number of sulfonamides is 1. The van der Waals surface area contributed by atoms with Gasteiger partial charge in [-0.15, -0.1) is 11.3 Å². The van der Waals surface area contributed by atoms with E-state index < -0.39 is 10.0 Å². The Kier molecular flexibility index (Phi) is 3.37. The lowest BCUT2D eigenvalue weighted by Crippen LogP contribution is -2.34. The van der Waals surface area contributed by atoms with Crippen molar-refractivity contribution in [3.05, 3.63) is 17.0 Å². The van der Waals surface area contributed by atoms with Crippen LogP contribution in [0.2, 0.25) is 0 Å². The van der Waals surface area contributed by atoms with Crippen LogP contribution in [0, 0.1) is 23.2 Å². The van der Waals surface area contributed by atoms with Crippen LogP contribution in [0.5, 0.6) is 0 Å². The predicted octanol–water partition coefficient (Wildman–Crippen LogP) is 2.43. The number of nitrogens with zero attached hydrogens (tertiary/aromatic N) is 2. The van der Waals surface area contributed by atoms with E-state index in [1.807, 2.05) is 6.07 Å². The molecular formula is C13H16N2O2S2. The monoisotopic (exact) mass is 296 g/mol. The van der Waals surface area contributed by atoms with Gasteiger partial charge < -0.3 is 0 Å². The van der Waals surface area contributed by atoms with Gasteiger partial charge in [0.1, 0.15) is 15.2 Å². The highest BCUT2D eigenvalue weighted by Gasteiger charge is 2.36. The van der Waals surface area contributed by atoms with Crippen molar-refractivity contribution in [1.82, 2.24) is 4.31 Å². The minimum Gasteiger partial charge on any atom is -0.206 e. The molecule has 2 aliphatic carbocycles. The third-order valence-electron chi connectivity index (χ3n) is 3.60. The van der Waals surface area contributed by atoms with Gasteiger partial charge >= 0.3 is 0 Å². The van der Waals surface area contributed by atoms with Gasteiger partial charge in [-0.25, -0.2) is 8.42 Å². The second-order valence-corrected chi connectivity index (χ2v) is 8.69. The van der Waals surface area contributed by atoms with Crippen molar-refractivity contribution in [3.8, 4) is 6.07 Å². The molecule has 0 atom stereocenters. The lowest BCUT2D eigenvalue weighted by Gasteiger charge is -2.21. The van der Waals surface area contributed by atoms with Crippen molar-refractivity contribution >= 4 is 21.4 Å². The number of hydrogen-bond donors (Lipinski definition) is 0. The molecule has 0 saturated heterocycles. The Morgan fingerprint density at radius 2 is 1.79 bits per heavy atom. The average Bonchev–Trinajstić information content (AvgIpc) is 3.30. The van der Waals surface area contributed by atoms with Crippen LogP contribution in [0.1, 0.15) is 30.6 Å². The van der Waals surface area contributed by atoms with Crippen LogP contribution in [0.25, 0.3) is 0 Å². The first-order chi connectivity index (χ1) is 9.09. The van der Waals surface area contributed by atoms with Crippen LogP contribution in [0.4, 0.5) is 0 Å². The fraction of sp³-hybridized carbons (Fsp3) is 0.615. The fourth-order valence-electron chi connectivity index (χ4n) is 2.09. The number of nitriles is 1. The third kappa shape index (κ3) is 2.99. The van der Waals surface area contributed by atoms with Crippen LogP contribution >= 0.6 is 11.3 Å². The topological polar surface area (TPSA) is 61.2 Å². The maximum atomic E-state index is 12.6. The number of hydrogen-bond acceptors (Lipinski definition) is 4. The van der Waals surface area contributed by atoms with Crippen molar-refractivity contribution in [2.45, 2.75) is 29.9 Å². The smallest absolute Gasteiger partial charge is 0.206 e. The van der Waals surface area contributed by atoms with Crippen LogP contribution in [0.3, 0.4) is 0 Å². The largest absolute Gasteiger partial charge is 0.252 e. The second kappa shape index (κ2) is 4.89. The van der Waals surface area contributed by atoms with E-state index in [4.69, 9.17) is 5.26 Å². The average molecular weight is 296 g/mol. The molecule has 1 heterocycles. The highest BCUT2D eigenvalue weighted by atomic mass is 32.2. The molecule has 0 radical (unpaired) electrons. The highest BCUT2D eigenvalue weighted by molar-refractivity contribution is 7.91. The van der Waals surface area contributed by atoms with Crippen molar-refractivity contribution in [1.29, 1.82) is 5.26 Å². The van der Waals surface area contributed by atoms with Gasteiger partial charge in [-0.1, -0.05) is 0 Å². The standard InChI is InChI=1S/C13H16N2O2S2/c14-7-12-5-6-13(18-12)19(16,17)15(8-10-1-2-10)9-11-3-4-11/h5-6,10-11H,1-4,8-9H2. The molecule has 0 N–H and O–H groups in total. The molecule has 0 aromatic carbocycles. The SMILES string of the molecule is N#Cc1ccc(S(=O)(=O)N(CC2CC2)CC2CC2)s1. The van der Waals surface area contributed by atoms with Crippen molar-refractivity contribution < 1.29 is 8.42 Å². The molecule has 0 bridgehead atoms. The van der Waals surface area contributed by atoms with Gasteiger partial charge in [-0.3, -0.25) is 0 Å². The summed E-state index contributed by atoms with van der Waals surface area (Å²) in [4.78, 5) is 0.455. The Labute approximate surface area is 117 Å². The lowest BCUT2D eigenvalue weighted by atomic mass is 10.4. The zero-order chi connectivity index (χ0) is 13.5. The summed E-state index contributed by atoms with van der Waals surface area (Å²) in [6.45, 7) is 1.30. The van der Waals surface area contributed by atoms with Gasteiger partial charge in [0.25, 0.3) is 10.0 Å². The molecule has 102 valence electrons. The summed E-state index contributed by atoms with van der Waals surface area (Å²) in [6, 6.07) is 5.15. The van der Waals surface area contributed by atoms with E-state index in [2.05, 4.69) is 0 Å². The molecule has 0 amide bonds. The van der Waals surface area contributed by atoms with Crippen LogP contribution in [0.15, 0.2) is 16.3 Å². The zero-order valence-electron chi connectivity index (χ0n) is 10.6. The number of thiophene rings is 1. The minimum atomic E-state index is -3.40. The Balaban J connectivity index is 1.83. The van der Waals surface area contributed by atoms with E-state index in [-0.39, 0.29) is 0 Å². The maximum absolute atomic E-state index is 12.6. The molecule has 2 aliphatic rings. The Bertz CT molecular complexity index is 593. The molecule has 3 rings (SSSR count). The molecule has 1 aromatic rings. The lowest BCUT2D eigenvalue weighted by molar-refractivity contribution is 0.383. The van der Waals surface area contributed by atoms with Crippen molar-refractivity contribution in [2.24, 2.45) is 11.8 Å². The molecular weight excluding hydrogens is 280 g/mol. The van der Waals surface area contributed by atoms with E-state index in [1.165, 1.54) is 0 Å². The van der Waals surface area contributed by atoms with Crippen LogP contribution < -0.4 is 0 Å². The Morgan fingerprint density at radius 1 is 1.21 bits per heavy atom. The second-order valence-electron chi connectivity index (χ2n) is 5.44. The van der Waals surface area contributed by atoms with Crippen LogP contribution in [-0.2, 0) is 10.0 Å². The fourth-order valence-corrected chi connectivity index (χ4v) is 4.94. The van der Waals surface area contributed by atoms with E-state index in [1.54, 1.807) is 16.4 Å². The first-order valence-corrected chi connectivity index (χ1v) is 8.85. The molecule has 2 saturated carbocycles. The predicted molar refractivity (Wildman–Crippen MR) is 73.2 cm³/mol. The highest BCUT2D eigenvalue weighted by Crippen LogP contribution is 2.36. The Hall–Kier alpha value is -0.900. The van der Waals surface area contributed by atoms with Gasteiger partial charge in [-0.2, -0.15) is 9.57 Å². The van der Waals surface area contributed by atoms with Gasteiger partial charge in [-0.05, 0) is 49.7 Å². The Morgan fingerprint density at radius 3 is 2.21 bits per heavy atom. The molecule has 0 aliphatic heterocycles. The minimum absolute atomic E-state index is 0.311. The molecule has 6 heteroatoms. The van der Waals surface area contributed by atoms with E-state index in [9.17, 15) is 8.42 Å². The summed E-state index contributed by atoms with van der Waals surface area (Å²) in [6.07, 6.45) is 4.57. The van der Waals surface area contributed by atoms with E-state index in [0.717, 1.165) is 37.0 Å². The molecule has 1 aromatic heterocycles. The first kappa shape index (κ1) is 13.1. The van der Waals surface area contributed by atoms with Gasteiger partial charge in [0.15, 0.2) is 0 Å². The number of rotatable bonds is 6. The third-order valence-corrected chi connectivity index (χ3v) is 6.89. The van der Waals surface area contributed by atoms with Gasteiger partial charge in [0.05, 0.1) is 0 Å². The molecule has 0 spiro atoms. The quantitative estimate of drug-likeness (QED) is 0.810. The summed E-state index contributed by atoms with van der Waals surface area (Å²) in [7, 11) is -3.40. The molecule has 0 unspecified atom stereocenters. The van der Waals surface area contributed by atoms with Gasteiger partial charge in [0, 0.05) is 13.1 Å². The molecule has 19 heavy (non-hydrogen) atoms. The summed E-state index contributed by atoms with van der Waals surface area (Å²) in [5.74, 6) is 1.09. The normalized spacial score (nSPS) is 19.6. The zero-order valence-corrected chi connectivity index (χ0v) is 12.2.